The van der Waals surface area contributed by atoms with E-state index in [0.717, 1.165) is 6.07 Å². The average Bonchev–Trinajstić information content (AvgIpc) is 1.97. The van der Waals surface area contributed by atoms with Gasteiger partial charge in [-0.2, -0.15) is 0 Å². The largest absolute Gasteiger partial charge is 0.238 e. The van der Waals surface area contributed by atoms with Crippen LogP contribution in [0.2, 0.25) is 0 Å². The molecule has 0 unspecified atom stereocenters. The molecule has 72 valence electrons. The van der Waals surface area contributed by atoms with Crippen molar-refractivity contribution in [2.75, 3.05) is 0 Å². The molecule has 0 atom stereocenters. The number of halogens is 3. The predicted molar refractivity (Wildman–Crippen MR) is 58.2 cm³/mol. The number of rotatable bonds is 1. The number of nitrogens with two attached hydrogens (primary N) is 1. The van der Waals surface area contributed by atoms with Crippen LogP contribution in [-0.2, 0) is 10.0 Å². The van der Waals surface area contributed by atoms with Crippen LogP contribution in [0.5, 0.6) is 0 Å². The lowest BCUT2D eigenvalue weighted by Gasteiger charge is -2.02. The first-order valence-corrected chi connectivity index (χ1v) is 6.41. The number of hydrogen-bond donors (Lipinski definition) is 1. The van der Waals surface area contributed by atoms with E-state index >= 15 is 0 Å². The monoisotopic (exact) mass is 379 g/mol. The number of benzene rings is 1. The minimum atomic E-state index is -3.77. The predicted octanol–water partition coefficient (Wildman–Crippen LogP) is 1.84. The third-order valence-electron chi connectivity index (χ3n) is 1.29. The Hall–Kier alpha value is 0.270. The molecule has 0 amide bonds. The summed E-state index contributed by atoms with van der Waals surface area (Å²) in [6.45, 7) is 0. The second kappa shape index (κ2) is 3.79. The summed E-state index contributed by atoms with van der Waals surface area (Å²) in [5.74, 6) is -0.493. The molecule has 0 aromatic heterocycles. The molecule has 0 heterocycles. The zero-order chi connectivity index (χ0) is 10.2. The van der Waals surface area contributed by atoms with Crippen LogP contribution in [0.25, 0.3) is 0 Å². The van der Waals surface area contributed by atoms with Gasteiger partial charge in [0.15, 0.2) is 5.82 Å². The van der Waals surface area contributed by atoms with Crippen molar-refractivity contribution in [1.29, 1.82) is 0 Å². The molecule has 0 aliphatic heterocycles. The molecular formula is C6H4BrFINO2S. The fraction of sp³-hybridized carbons (Fsp3) is 0. The summed E-state index contributed by atoms with van der Waals surface area (Å²) in [6, 6.07) is 2.31. The van der Waals surface area contributed by atoms with E-state index < -0.39 is 15.8 Å². The van der Waals surface area contributed by atoms with Gasteiger partial charge in [0.05, 0.1) is 12.9 Å². The third-order valence-corrected chi connectivity index (χ3v) is 3.54. The zero-order valence-electron chi connectivity index (χ0n) is 6.09. The second-order valence-electron chi connectivity index (χ2n) is 2.25. The van der Waals surface area contributed by atoms with Crippen molar-refractivity contribution in [2.45, 2.75) is 4.90 Å². The Kier molecular flexibility index (Phi) is 3.31. The van der Waals surface area contributed by atoms with Crippen LogP contribution in [0.4, 0.5) is 4.39 Å². The molecule has 0 saturated heterocycles. The lowest BCUT2D eigenvalue weighted by molar-refractivity contribution is 0.594. The van der Waals surface area contributed by atoms with Crippen LogP contribution in [0.3, 0.4) is 0 Å². The molecule has 0 saturated carbocycles. The van der Waals surface area contributed by atoms with Crippen molar-refractivity contribution in [1.82, 2.24) is 0 Å². The first-order chi connectivity index (χ1) is 5.82. The molecule has 3 nitrogen and oxygen atoms in total. The number of hydrogen-bond acceptors (Lipinski definition) is 2. The Morgan fingerprint density at radius 2 is 2.00 bits per heavy atom. The normalized spacial score (nSPS) is 11.7. The highest BCUT2D eigenvalue weighted by Gasteiger charge is 2.13. The topological polar surface area (TPSA) is 60.2 Å². The molecule has 0 fully saturated rings. The van der Waals surface area contributed by atoms with Crippen molar-refractivity contribution in [3.05, 3.63) is 26.0 Å². The van der Waals surface area contributed by atoms with Crippen molar-refractivity contribution in [3.63, 3.8) is 0 Å². The molecule has 1 rings (SSSR count). The summed E-state index contributed by atoms with van der Waals surface area (Å²) < 4.78 is 35.1. The van der Waals surface area contributed by atoms with Gasteiger partial charge in [0.25, 0.3) is 0 Å². The Morgan fingerprint density at radius 1 is 1.46 bits per heavy atom. The zero-order valence-corrected chi connectivity index (χ0v) is 10.7. The molecule has 0 aliphatic carbocycles. The minimum absolute atomic E-state index is 0.0865. The summed E-state index contributed by atoms with van der Waals surface area (Å²) in [5, 5.41) is 4.87. The quantitative estimate of drug-likeness (QED) is 0.597. The van der Waals surface area contributed by atoms with Crippen LogP contribution < -0.4 is 5.14 Å². The summed E-state index contributed by atoms with van der Waals surface area (Å²) in [6.07, 6.45) is 0. The average molecular weight is 380 g/mol. The fourth-order valence-corrected chi connectivity index (χ4v) is 3.08. The van der Waals surface area contributed by atoms with E-state index in [9.17, 15) is 12.8 Å². The third kappa shape index (κ3) is 2.61. The Morgan fingerprint density at radius 3 is 2.38 bits per heavy atom. The summed E-state index contributed by atoms with van der Waals surface area (Å²) >= 11 is 4.58. The highest BCUT2D eigenvalue weighted by Crippen LogP contribution is 2.24. The highest BCUT2D eigenvalue weighted by molar-refractivity contribution is 14.1. The summed E-state index contributed by atoms with van der Waals surface area (Å²) in [4.78, 5) is -0.106. The molecule has 0 spiro atoms. The van der Waals surface area contributed by atoms with Crippen LogP contribution in [-0.4, -0.2) is 8.42 Å². The van der Waals surface area contributed by atoms with Crippen molar-refractivity contribution in [3.8, 4) is 0 Å². The van der Waals surface area contributed by atoms with Gasteiger partial charge in [-0.1, -0.05) is 0 Å². The lowest BCUT2D eigenvalue weighted by atomic mass is 10.3. The fourth-order valence-electron chi connectivity index (χ4n) is 0.697. The van der Waals surface area contributed by atoms with Gasteiger partial charge in [-0.3, -0.25) is 0 Å². The molecule has 0 radical (unpaired) electrons. The maximum absolute atomic E-state index is 13.0. The maximum atomic E-state index is 13.0. The van der Waals surface area contributed by atoms with Crippen molar-refractivity contribution < 1.29 is 12.8 Å². The van der Waals surface area contributed by atoms with Crippen molar-refractivity contribution in [2.24, 2.45) is 5.14 Å². The van der Waals surface area contributed by atoms with Gasteiger partial charge in [0.1, 0.15) is 0 Å². The van der Waals surface area contributed by atoms with Gasteiger partial charge in [-0.15, -0.1) is 0 Å². The molecule has 7 heteroatoms. The van der Waals surface area contributed by atoms with E-state index in [4.69, 9.17) is 5.14 Å². The Balaban J connectivity index is 3.47. The van der Waals surface area contributed by atoms with Crippen LogP contribution in [0, 0.1) is 9.39 Å². The van der Waals surface area contributed by atoms with Crippen molar-refractivity contribution >= 4 is 48.5 Å². The number of primary sulfonamides is 1. The van der Waals surface area contributed by atoms with Crippen LogP contribution in [0.1, 0.15) is 0 Å². The first-order valence-electron chi connectivity index (χ1n) is 2.99. The van der Waals surface area contributed by atoms with Gasteiger partial charge >= 0.3 is 0 Å². The van der Waals surface area contributed by atoms with Gasteiger partial charge in [0, 0.05) is 0 Å². The van der Waals surface area contributed by atoms with E-state index in [0.29, 0.717) is 0 Å². The molecule has 0 aliphatic rings. The summed E-state index contributed by atoms with van der Waals surface area (Å²) in [7, 11) is -3.77. The molecule has 1 aromatic rings. The van der Waals surface area contributed by atoms with Gasteiger partial charge < -0.3 is 0 Å². The SMILES string of the molecule is NS(=O)(=O)c1cc(Br)c(F)c(I)c1. The second-order valence-corrected chi connectivity index (χ2v) is 5.82. The Bertz CT molecular complexity index is 425. The molecule has 2 N–H and O–H groups in total. The van der Waals surface area contributed by atoms with Crippen LogP contribution >= 0.6 is 38.5 Å². The Labute approximate surface area is 96.8 Å². The van der Waals surface area contributed by atoms with E-state index in [2.05, 4.69) is 15.9 Å². The van der Waals surface area contributed by atoms with Gasteiger partial charge in [0.2, 0.25) is 10.0 Å². The van der Waals surface area contributed by atoms with Gasteiger partial charge in [-0.25, -0.2) is 17.9 Å². The molecule has 0 bridgehead atoms. The van der Waals surface area contributed by atoms with E-state index in [-0.39, 0.29) is 12.9 Å². The van der Waals surface area contributed by atoms with Crippen LogP contribution in [0.15, 0.2) is 21.5 Å². The number of sulfonamides is 1. The standard InChI is InChI=1S/C6H4BrFINO2S/c7-4-1-3(13(10,11)12)2-5(9)6(4)8/h1-2H,(H2,10,11,12). The first kappa shape index (κ1) is 11.3. The van der Waals surface area contributed by atoms with Gasteiger partial charge in [-0.05, 0) is 50.7 Å². The smallest absolute Gasteiger partial charge is 0.225 e. The maximum Gasteiger partial charge on any atom is 0.238 e. The molecular weight excluding hydrogens is 376 g/mol. The minimum Gasteiger partial charge on any atom is -0.225 e. The van der Waals surface area contributed by atoms with E-state index in [1.54, 1.807) is 22.6 Å². The van der Waals surface area contributed by atoms with E-state index in [1.807, 2.05) is 0 Å². The lowest BCUT2D eigenvalue weighted by Crippen LogP contribution is -2.12. The van der Waals surface area contributed by atoms with E-state index in [1.165, 1.54) is 6.07 Å². The highest BCUT2D eigenvalue weighted by atomic mass is 127. The molecule has 13 heavy (non-hydrogen) atoms. The molecule has 1 aromatic carbocycles. The summed E-state index contributed by atoms with van der Waals surface area (Å²) in [5.41, 5.74) is 0.